The largest absolute Gasteiger partial charge is 0.399 e. The lowest BCUT2D eigenvalue weighted by atomic mass is 10.0. The molecule has 0 saturated carbocycles. The molecule has 2 amide bonds. The zero-order valence-corrected chi connectivity index (χ0v) is 14.1. The van der Waals surface area contributed by atoms with E-state index in [1.165, 1.54) is 12.1 Å². The maximum atomic E-state index is 12.6. The van der Waals surface area contributed by atoms with Gasteiger partial charge in [-0.25, -0.2) is 14.3 Å². The molecule has 0 fully saturated rings. The Morgan fingerprint density at radius 3 is 2.00 bits per heavy atom. The van der Waals surface area contributed by atoms with Gasteiger partial charge in [0.25, 0.3) is 18.2 Å². The number of nitrogen functional groups attached to an aromatic ring is 1. The van der Waals surface area contributed by atoms with Gasteiger partial charge in [0.05, 0.1) is 0 Å². The minimum absolute atomic E-state index is 0.105. The van der Waals surface area contributed by atoms with Crippen LogP contribution in [-0.2, 0) is 11.2 Å². The van der Waals surface area contributed by atoms with Gasteiger partial charge < -0.3 is 16.2 Å². The summed E-state index contributed by atoms with van der Waals surface area (Å²) in [5.74, 6) is -2.20. The highest BCUT2D eigenvalue weighted by Gasteiger charge is 2.34. The second-order valence-electron chi connectivity index (χ2n) is 5.87. The number of amides is 2. The number of nitrogens with one attached hydrogen (secondary N) is 2. The van der Waals surface area contributed by atoms with Gasteiger partial charge in [-0.2, -0.15) is 0 Å². The highest BCUT2D eigenvalue weighted by molar-refractivity contribution is 5.97. The minimum atomic E-state index is -3.28. The van der Waals surface area contributed by atoms with Gasteiger partial charge in [0, 0.05) is 11.3 Å². The Morgan fingerprint density at radius 2 is 1.52 bits per heavy atom. The molecule has 0 aromatic heterocycles. The summed E-state index contributed by atoms with van der Waals surface area (Å²) in [6.45, 7) is 0. The van der Waals surface area contributed by atoms with Crippen molar-refractivity contribution in [1.29, 1.82) is 0 Å². The van der Waals surface area contributed by atoms with Crippen molar-refractivity contribution < 1.29 is 28.7 Å². The molecule has 0 saturated heterocycles. The predicted molar refractivity (Wildman–Crippen MR) is 93.3 cm³/mol. The van der Waals surface area contributed by atoms with Gasteiger partial charge in [0.15, 0.2) is 0 Å². The van der Waals surface area contributed by atoms with Crippen LogP contribution in [0.2, 0.25) is 0 Å². The average molecular weight is 379 g/mol. The van der Waals surface area contributed by atoms with Crippen LogP contribution in [0.1, 0.15) is 21.5 Å². The van der Waals surface area contributed by atoms with E-state index in [2.05, 4.69) is 0 Å². The summed E-state index contributed by atoms with van der Waals surface area (Å²) in [5.41, 5.74) is 9.44. The molecule has 7 nitrogen and oxygen atoms in total. The summed E-state index contributed by atoms with van der Waals surface area (Å²) in [4.78, 5) is 23.6. The van der Waals surface area contributed by atoms with Gasteiger partial charge in [-0.1, -0.05) is 24.3 Å². The van der Waals surface area contributed by atoms with E-state index in [4.69, 9.17) is 10.9 Å². The normalized spacial score (nSPS) is 13.1. The van der Waals surface area contributed by atoms with E-state index in [9.17, 15) is 23.5 Å². The van der Waals surface area contributed by atoms with Crippen LogP contribution >= 0.6 is 0 Å². The number of carbonyl (C=O) groups excluding carboxylic acids is 2. The van der Waals surface area contributed by atoms with Gasteiger partial charge in [-0.05, 0) is 41.8 Å². The number of anilines is 1. The molecular weight excluding hydrogens is 360 g/mol. The van der Waals surface area contributed by atoms with E-state index in [-0.39, 0.29) is 5.56 Å². The van der Waals surface area contributed by atoms with Crippen LogP contribution in [0.3, 0.4) is 0 Å². The van der Waals surface area contributed by atoms with Crippen molar-refractivity contribution in [1.82, 2.24) is 10.8 Å². The van der Waals surface area contributed by atoms with Gasteiger partial charge in [0.2, 0.25) is 0 Å². The number of hydrogen-bond donors (Lipinski definition) is 5. The Kier molecular flexibility index (Phi) is 6.80. The molecule has 2 unspecified atom stereocenters. The highest BCUT2D eigenvalue weighted by atomic mass is 19.3. The Morgan fingerprint density at radius 1 is 1.00 bits per heavy atom. The number of carbonyl (C=O) groups is 2. The number of nitrogens with two attached hydrogens (primary N) is 1. The van der Waals surface area contributed by atoms with Gasteiger partial charge in [-0.15, -0.1) is 0 Å². The van der Waals surface area contributed by atoms with Crippen LogP contribution in [0.25, 0.3) is 0 Å². The zero-order valence-electron chi connectivity index (χ0n) is 14.1. The smallest absolute Gasteiger partial charge is 0.268 e. The molecule has 6 N–H and O–H groups in total. The highest BCUT2D eigenvalue weighted by Crippen LogP contribution is 2.13. The second-order valence-corrected chi connectivity index (χ2v) is 5.87. The number of rotatable bonds is 7. The van der Waals surface area contributed by atoms with Gasteiger partial charge >= 0.3 is 0 Å². The molecule has 0 radical (unpaired) electrons. The molecule has 144 valence electrons. The molecule has 0 aliphatic carbocycles. The quantitative estimate of drug-likeness (QED) is 0.280. The zero-order chi connectivity index (χ0) is 20.0. The molecule has 2 aromatic rings. The fraction of sp³-hybridized carbons (Fsp3) is 0.222. The third-order valence-corrected chi connectivity index (χ3v) is 3.88. The molecule has 2 atom stereocenters. The predicted octanol–water partition coefficient (Wildman–Crippen LogP) is 1.09. The van der Waals surface area contributed by atoms with Crippen LogP contribution in [0.15, 0.2) is 48.5 Å². The van der Waals surface area contributed by atoms with Crippen molar-refractivity contribution in [3.05, 3.63) is 65.2 Å². The Bertz CT molecular complexity index is 782. The number of halogens is 2. The van der Waals surface area contributed by atoms with E-state index in [1.54, 1.807) is 24.3 Å². The molecule has 0 spiro atoms. The molecule has 0 heterocycles. The lowest BCUT2D eigenvalue weighted by molar-refractivity contribution is -0.137. The third kappa shape index (κ3) is 5.47. The van der Waals surface area contributed by atoms with Crippen LogP contribution in [0, 0.1) is 0 Å². The summed E-state index contributed by atoms with van der Waals surface area (Å²) in [6, 6.07) is 11.6. The van der Waals surface area contributed by atoms with E-state index in [0.29, 0.717) is 12.1 Å². The van der Waals surface area contributed by atoms with Crippen molar-refractivity contribution in [3.8, 4) is 0 Å². The van der Waals surface area contributed by atoms with E-state index in [1.807, 2.05) is 17.4 Å². The first kappa shape index (κ1) is 20.3. The third-order valence-electron chi connectivity index (χ3n) is 3.88. The van der Waals surface area contributed by atoms with E-state index in [0.717, 1.165) is 16.6 Å². The number of benzene rings is 2. The summed E-state index contributed by atoms with van der Waals surface area (Å²) in [7, 11) is 0. The monoisotopic (exact) mass is 379 g/mol. The van der Waals surface area contributed by atoms with Crippen LogP contribution < -0.4 is 16.5 Å². The lowest BCUT2D eigenvalue weighted by Crippen LogP contribution is -2.54. The van der Waals surface area contributed by atoms with Crippen molar-refractivity contribution in [2.45, 2.75) is 25.0 Å². The minimum Gasteiger partial charge on any atom is -0.399 e. The SMILES string of the molecule is Nc1ccc(Cc2ccc(C(=O)NC(C(=O)NO)C(O)C(F)F)cc2)cc1. The first-order valence-electron chi connectivity index (χ1n) is 7.96. The van der Waals surface area contributed by atoms with Gasteiger partial charge in [-0.3, -0.25) is 14.8 Å². The maximum absolute atomic E-state index is 12.6. The molecule has 27 heavy (non-hydrogen) atoms. The summed E-state index contributed by atoms with van der Waals surface area (Å²) < 4.78 is 25.3. The summed E-state index contributed by atoms with van der Waals surface area (Å²) >= 11 is 0. The number of alkyl halides is 2. The molecule has 0 bridgehead atoms. The lowest BCUT2D eigenvalue weighted by Gasteiger charge is -2.21. The summed E-state index contributed by atoms with van der Waals surface area (Å²) in [6.07, 6.45) is -5.15. The first-order valence-corrected chi connectivity index (χ1v) is 7.96. The molecular formula is C18H19F2N3O4. The average Bonchev–Trinajstić information content (AvgIpc) is 2.67. The number of hydrogen-bond acceptors (Lipinski definition) is 5. The summed E-state index contributed by atoms with van der Waals surface area (Å²) in [5, 5.41) is 19.9. The fourth-order valence-corrected chi connectivity index (χ4v) is 2.39. The van der Waals surface area contributed by atoms with E-state index < -0.39 is 30.4 Å². The Labute approximate surface area is 153 Å². The standard InChI is InChI=1S/C18H19F2N3O4/c19-16(20)15(24)14(18(26)23-27)22-17(25)12-5-1-10(2-6-12)9-11-3-7-13(21)8-4-11/h1-8,14-16,24,27H,9,21H2,(H,22,25)(H,23,26). The number of hydroxylamine groups is 1. The number of aliphatic hydroxyl groups is 1. The van der Waals surface area contributed by atoms with Crippen LogP contribution in [-0.4, -0.2) is 40.7 Å². The fourth-order valence-electron chi connectivity index (χ4n) is 2.39. The molecule has 9 heteroatoms. The van der Waals surface area contributed by atoms with Crippen LogP contribution in [0.5, 0.6) is 0 Å². The maximum Gasteiger partial charge on any atom is 0.268 e. The number of aliphatic hydroxyl groups excluding tert-OH is 1. The van der Waals surface area contributed by atoms with Crippen LogP contribution in [0.4, 0.5) is 14.5 Å². The molecule has 0 aliphatic rings. The Balaban J connectivity index is 2.07. The molecule has 2 aromatic carbocycles. The van der Waals surface area contributed by atoms with E-state index >= 15 is 0 Å². The molecule has 2 rings (SSSR count). The van der Waals surface area contributed by atoms with Crippen molar-refractivity contribution in [2.75, 3.05) is 5.73 Å². The van der Waals surface area contributed by atoms with Gasteiger partial charge in [0.1, 0.15) is 12.1 Å². The van der Waals surface area contributed by atoms with Crippen molar-refractivity contribution in [2.24, 2.45) is 0 Å². The second kappa shape index (κ2) is 9.06. The van der Waals surface area contributed by atoms with Crippen molar-refractivity contribution in [3.63, 3.8) is 0 Å². The topological polar surface area (TPSA) is 125 Å². The first-order chi connectivity index (χ1) is 12.8. The van der Waals surface area contributed by atoms with Crippen molar-refractivity contribution >= 4 is 17.5 Å². The Hall–Kier alpha value is -3.04. The molecule has 0 aliphatic heterocycles.